The monoisotopic (exact) mass is 318 g/mol. The van der Waals surface area contributed by atoms with E-state index in [1.807, 2.05) is 16.7 Å². The third kappa shape index (κ3) is 3.89. The first kappa shape index (κ1) is 16.0. The van der Waals surface area contributed by atoms with Gasteiger partial charge in [-0.15, -0.1) is 0 Å². The highest BCUT2D eigenvalue weighted by atomic mass is 19.1. The third-order valence-corrected chi connectivity index (χ3v) is 4.71. The van der Waals surface area contributed by atoms with Crippen molar-refractivity contribution in [3.8, 4) is 0 Å². The van der Waals surface area contributed by atoms with Crippen LogP contribution in [0.4, 0.5) is 4.39 Å². The fourth-order valence-corrected chi connectivity index (χ4v) is 3.11. The molecule has 1 unspecified atom stereocenters. The maximum absolute atomic E-state index is 12.9. The van der Waals surface area contributed by atoms with E-state index in [-0.39, 0.29) is 29.5 Å². The minimum atomic E-state index is -0.260. The number of hydrogen-bond donors (Lipinski definition) is 0. The molecular weight excluding hydrogens is 295 g/mol. The Labute approximate surface area is 136 Å². The van der Waals surface area contributed by atoms with Crippen molar-refractivity contribution < 1.29 is 14.0 Å². The molecule has 2 aliphatic rings. The SMILES string of the molecule is CC(Cc1ccc(F)cc1)C(=O)N1CCN(C(=O)C2CC2)CC1. The molecule has 1 aromatic carbocycles. The van der Waals surface area contributed by atoms with Crippen LogP contribution in [0.5, 0.6) is 0 Å². The van der Waals surface area contributed by atoms with Gasteiger partial charge in [-0.1, -0.05) is 19.1 Å². The second kappa shape index (κ2) is 6.69. The van der Waals surface area contributed by atoms with Crippen molar-refractivity contribution >= 4 is 11.8 Å². The van der Waals surface area contributed by atoms with Crippen molar-refractivity contribution in [2.24, 2.45) is 11.8 Å². The quantitative estimate of drug-likeness (QED) is 0.853. The van der Waals surface area contributed by atoms with Crippen LogP contribution in [-0.4, -0.2) is 47.8 Å². The normalized spacial score (nSPS) is 19.6. The van der Waals surface area contributed by atoms with Crippen molar-refractivity contribution in [1.29, 1.82) is 0 Å². The topological polar surface area (TPSA) is 40.6 Å². The van der Waals surface area contributed by atoms with E-state index in [0.29, 0.717) is 32.6 Å². The van der Waals surface area contributed by atoms with E-state index >= 15 is 0 Å². The van der Waals surface area contributed by atoms with Gasteiger partial charge >= 0.3 is 0 Å². The molecule has 2 fully saturated rings. The zero-order chi connectivity index (χ0) is 16.4. The van der Waals surface area contributed by atoms with Crippen LogP contribution < -0.4 is 0 Å². The minimum absolute atomic E-state index is 0.118. The first-order valence-corrected chi connectivity index (χ1v) is 8.36. The summed E-state index contributed by atoms with van der Waals surface area (Å²) in [6.45, 7) is 4.43. The van der Waals surface area contributed by atoms with E-state index in [2.05, 4.69) is 0 Å². The van der Waals surface area contributed by atoms with E-state index in [1.54, 1.807) is 12.1 Å². The molecule has 0 N–H and O–H groups in total. The molecule has 2 amide bonds. The molecule has 1 saturated heterocycles. The summed E-state index contributed by atoms with van der Waals surface area (Å²) in [6, 6.07) is 6.31. The molecule has 0 radical (unpaired) electrons. The molecule has 1 aliphatic carbocycles. The Bertz CT molecular complexity index is 575. The maximum Gasteiger partial charge on any atom is 0.225 e. The van der Waals surface area contributed by atoms with Gasteiger partial charge in [-0.3, -0.25) is 9.59 Å². The lowest BCUT2D eigenvalue weighted by Crippen LogP contribution is -2.52. The molecular formula is C18H23FN2O2. The van der Waals surface area contributed by atoms with Gasteiger partial charge in [0.1, 0.15) is 5.82 Å². The first-order chi connectivity index (χ1) is 11.0. The lowest BCUT2D eigenvalue weighted by molar-refractivity contribution is -0.142. The molecule has 23 heavy (non-hydrogen) atoms. The fraction of sp³-hybridized carbons (Fsp3) is 0.556. The Hall–Kier alpha value is -1.91. The molecule has 1 aliphatic heterocycles. The lowest BCUT2D eigenvalue weighted by atomic mass is 9.99. The van der Waals surface area contributed by atoms with Gasteiger partial charge in [-0.25, -0.2) is 4.39 Å². The fourth-order valence-electron chi connectivity index (χ4n) is 3.11. The molecule has 1 aromatic rings. The summed E-state index contributed by atoms with van der Waals surface area (Å²) in [5.41, 5.74) is 0.967. The van der Waals surface area contributed by atoms with Crippen LogP contribution >= 0.6 is 0 Å². The maximum atomic E-state index is 12.9. The smallest absolute Gasteiger partial charge is 0.225 e. The predicted molar refractivity (Wildman–Crippen MR) is 85.2 cm³/mol. The zero-order valence-corrected chi connectivity index (χ0v) is 13.5. The van der Waals surface area contributed by atoms with Crippen LogP contribution in [0.25, 0.3) is 0 Å². The molecule has 1 atom stereocenters. The van der Waals surface area contributed by atoms with Crippen molar-refractivity contribution in [1.82, 2.24) is 9.80 Å². The molecule has 4 nitrogen and oxygen atoms in total. The number of halogens is 1. The molecule has 1 heterocycles. The van der Waals surface area contributed by atoms with Crippen LogP contribution in [0.15, 0.2) is 24.3 Å². The molecule has 3 rings (SSSR count). The molecule has 0 spiro atoms. The highest BCUT2D eigenvalue weighted by Crippen LogP contribution is 2.31. The highest BCUT2D eigenvalue weighted by Gasteiger charge is 2.35. The number of benzene rings is 1. The predicted octanol–water partition coefficient (Wildman–Crippen LogP) is 2.09. The molecule has 0 aromatic heterocycles. The number of rotatable bonds is 4. The average molecular weight is 318 g/mol. The molecule has 5 heteroatoms. The van der Waals surface area contributed by atoms with Gasteiger partial charge in [-0.05, 0) is 37.0 Å². The second-order valence-corrected chi connectivity index (χ2v) is 6.66. The largest absolute Gasteiger partial charge is 0.339 e. The Balaban J connectivity index is 1.50. The highest BCUT2D eigenvalue weighted by molar-refractivity contribution is 5.82. The average Bonchev–Trinajstić information content (AvgIpc) is 3.41. The van der Waals surface area contributed by atoms with E-state index < -0.39 is 0 Å². The van der Waals surface area contributed by atoms with Crippen LogP contribution in [-0.2, 0) is 16.0 Å². The van der Waals surface area contributed by atoms with Gasteiger partial charge in [0.15, 0.2) is 0 Å². The summed E-state index contributed by atoms with van der Waals surface area (Å²) in [4.78, 5) is 28.3. The van der Waals surface area contributed by atoms with Gasteiger partial charge in [-0.2, -0.15) is 0 Å². The van der Waals surface area contributed by atoms with Crippen LogP contribution in [0, 0.1) is 17.7 Å². The summed E-state index contributed by atoms with van der Waals surface area (Å²) in [6.07, 6.45) is 2.65. The minimum Gasteiger partial charge on any atom is -0.339 e. The third-order valence-electron chi connectivity index (χ3n) is 4.71. The number of piperazine rings is 1. The van der Waals surface area contributed by atoms with Crippen LogP contribution in [0.3, 0.4) is 0 Å². The van der Waals surface area contributed by atoms with Gasteiger partial charge in [0.25, 0.3) is 0 Å². The van der Waals surface area contributed by atoms with Crippen LogP contribution in [0.2, 0.25) is 0 Å². The Morgan fingerprint density at radius 1 is 1.09 bits per heavy atom. The summed E-state index contributed by atoms with van der Waals surface area (Å²) < 4.78 is 12.9. The summed E-state index contributed by atoms with van der Waals surface area (Å²) in [7, 11) is 0. The number of nitrogens with zero attached hydrogens (tertiary/aromatic N) is 2. The van der Waals surface area contributed by atoms with Crippen molar-refractivity contribution in [3.05, 3.63) is 35.6 Å². The lowest BCUT2D eigenvalue weighted by Gasteiger charge is -2.36. The van der Waals surface area contributed by atoms with E-state index in [1.165, 1.54) is 12.1 Å². The van der Waals surface area contributed by atoms with E-state index in [9.17, 15) is 14.0 Å². The molecule has 124 valence electrons. The first-order valence-electron chi connectivity index (χ1n) is 8.36. The summed E-state index contributed by atoms with van der Waals surface area (Å²) in [5, 5.41) is 0. The standard InChI is InChI=1S/C18H23FN2O2/c1-13(12-14-2-6-16(19)7-3-14)17(22)20-8-10-21(11-9-20)18(23)15-4-5-15/h2-3,6-7,13,15H,4-5,8-12H2,1H3. The number of hydrogen-bond acceptors (Lipinski definition) is 2. The van der Waals surface area contributed by atoms with Crippen molar-refractivity contribution in [3.63, 3.8) is 0 Å². The van der Waals surface area contributed by atoms with Crippen molar-refractivity contribution in [2.45, 2.75) is 26.2 Å². The summed E-state index contributed by atoms with van der Waals surface area (Å²) in [5.74, 6) is 0.231. The number of amides is 2. The van der Waals surface area contributed by atoms with Gasteiger partial charge < -0.3 is 9.80 Å². The van der Waals surface area contributed by atoms with Gasteiger partial charge in [0, 0.05) is 38.0 Å². The molecule has 1 saturated carbocycles. The second-order valence-electron chi connectivity index (χ2n) is 6.66. The Morgan fingerprint density at radius 2 is 1.65 bits per heavy atom. The molecule has 0 bridgehead atoms. The van der Waals surface area contributed by atoms with E-state index in [4.69, 9.17) is 0 Å². The van der Waals surface area contributed by atoms with E-state index in [0.717, 1.165) is 18.4 Å². The number of carbonyl (C=O) groups excluding carboxylic acids is 2. The van der Waals surface area contributed by atoms with Gasteiger partial charge in [0.05, 0.1) is 0 Å². The number of carbonyl (C=O) groups is 2. The Kier molecular flexibility index (Phi) is 4.64. The zero-order valence-electron chi connectivity index (χ0n) is 13.5. The Morgan fingerprint density at radius 3 is 2.22 bits per heavy atom. The summed E-state index contributed by atoms with van der Waals surface area (Å²) >= 11 is 0. The van der Waals surface area contributed by atoms with Crippen molar-refractivity contribution in [2.75, 3.05) is 26.2 Å². The van der Waals surface area contributed by atoms with Gasteiger partial charge in [0.2, 0.25) is 11.8 Å². The van der Waals surface area contributed by atoms with Crippen LogP contribution in [0.1, 0.15) is 25.3 Å².